The van der Waals surface area contributed by atoms with Crippen LogP contribution in [0.25, 0.3) is 0 Å². The van der Waals surface area contributed by atoms with Crippen LogP contribution in [0.3, 0.4) is 0 Å². The van der Waals surface area contributed by atoms with E-state index < -0.39 is 9.84 Å². The Labute approximate surface area is 141 Å². The van der Waals surface area contributed by atoms with Crippen LogP contribution >= 0.6 is 0 Å². The fraction of sp³-hybridized carbons (Fsp3) is 0.375. The molecule has 0 radical (unpaired) electrons. The van der Waals surface area contributed by atoms with Gasteiger partial charge in [0.25, 0.3) is 0 Å². The molecule has 1 aromatic heterocycles. The lowest BCUT2D eigenvalue weighted by atomic mass is 10.2. The van der Waals surface area contributed by atoms with E-state index in [2.05, 4.69) is 10.4 Å². The maximum Gasteiger partial charge on any atom is 0.221 e. The summed E-state index contributed by atoms with van der Waals surface area (Å²) < 4.78 is 31.2. The van der Waals surface area contributed by atoms with Gasteiger partial charge in [-0.3, -0.25) is 9.48 Å². The Morgan fingerprint density at radius 3 is 2.58 bits per heavy atom. The largest absolute Gasteiger partial charge is 0.382 e. The summed E-state index contributed by atoms with van der Waals surface area (Å²) in [5, 5.41) is 6.86. The van der Waals surface area contributed by atoms with E-state index >= 15 is 0 Å². The summed E-state index contributed by atoms with van der Waals surface area (Å²) in [5.74, 6) is -0.591. The highest BCUT2D eigenvalue weighted by molar-refractivity contribution is 7.91. The van der Waals surface area contributed by atoms with E-state index in [1.807, 2.05) is 0 Å². The van der Waals surface area contributed by atoms with Crippen molar-refractivity contribution in [2.24, 2.45) is 7.05 Å². The molecule has 0 saturated heterocycles. The van der Waals surface area contributed by atoms with Crippen molar-refractivity contribution in [1.82, 2.24) is 15.1 Å². The normalized spacial score (nSPS) is 12.8. The fourth-order valence-electron chi connectivity index (χ4n) is 2.33. The van der Waals surface area contributed by atoms with Crippen molar-refractivity contribution in [1.29, 1.82) is 0 Å². The van der Waals surface area contributed by atoms with Gasteiger partial charge in [-0.05, 0) is 18.2 Å². The van der Waals surface area contributed by atoms with E-state index in [4.69, 9.17) is 4.74 Å². The molecule has 0 aliphatic heterocycles. The van der Waals surface area contributed by atoms with Crippen molar-refractivity contribution in [2.45, 2.75) is 17.4 Å². The van der Waals surface area contributed by atoms with Crippen LogP contribution in [0.5, 0.6) is 0 Å². The SMILES string of the molecule is COCC(NC(=O)CCS(=O)(=O)c1ccccc1)c1ccnn1C. The first kappa shape index (κ1) is 18.2. The van der Waals surface area contributed by atoms with Gasteiger partial charge in [0.15, 0.2) is 9.84 Å². The second-order valence-corrected chi connectivity index (χ2v) is 7.45. The molecule has 1 heterocycles. The smallest absolute Gasteiger partial charge is 0.221 e. The zero-order chi connectivity index (χ0) is 17.6. The van der Waals surface area contributed by atoms with Crippen molar-refractivity contribution >= 4 is 15.7 Å². The molecular formula is C16H21N3O4S. The quantitative estimate of drug-likeness (QED) is 0.769. The van der Waals surface area contributed by atoms with Crippen molar-refractivity contribution < 1.29 is 17.9 Å². The number of benzene rings is 1. The van der Waals surface area contributed by atoms with Crippen LogP contribution < -0.4 is 5.32 Å². The second-order valence-electron chi connectivity index (χ2n) is 5.34. The average Bonchev–Trinajstić information content (AvgIpc) is 2.99. The number of hydrogen-bond donors (Lipinski definition) is 1. The Morgan fingerprint density at radius 2 is 2.00 bits per heavy atom. The summed E-state index contributed by atoms with van der Waals surface area (Å²) in [6.45, 7) is 0.275. The second kappa shape index (κ2) is 8.07. The van der Waals surface area contributed by atoms with Gasteiger partial charge >= 0.3 is 0 Å². The van der Waals surface area contributed by atoms with E-state index in [0.717, 1.165) is 5.69 Å². The molecule has 0 aliphatic rings. The van der Waals surface area contributed by atoms with Crippen molar-refractivity contribution in [3.05, 3.63) is 48.3 Å². The van der Waals surface area contributed by atoms with Gasteiger partial charge in [0, 0.05) is 26.8 Å². The molecule has 1 unspecified atom stereocenters. The van der Waals surface area contributed by atoms with Crippen molar-refractivity contribution in [3.63, 3.8) is 0 Å². The van der Waals surface area contributed by atoms with Gasteiger partial charge in [0.2, 0.25) is 5.91 Å². The molecule has 8 heteroatoms. The number of aryl methyl sites for hydroxylation is 1. The maximum atomic E-state index is 12.2. The standard InChI is InChI=1S/C16H21N3O4S/c1-19-15(8-10-17-19)14(12-23-2)18-16(20)9-11-24(21,22)13-6-4-3-5-7-13/h3-8,10,14H,9,11-12H2,1-2H3,(H,18,20). The minimum absolute atomic E-state index is 0.116. The minimum atomic E-state index is -3.48. The molecule has 1 atom stereocenters. The lowest BCUT2D eigenvalue weighted by Gasteiger charge is -2.18. The molecule has 0 spiro atoms. The van der Waals surface area contributed by atoms with Crippen LogP contribution in [-0.2, 0) is 26.4 Å². The number of methoxy groups -OCH3 is 1. The molecular weight excluding hydrogens is 330 g/mol. The number of sulfone groups is 1. The van der Waals surface area contributed by atoms with E-state index in [1.165, 1.54) is 19.2 Å². The Hall–Kier alpha value is -2.19. The van der Waals surface area contributed by atoms with Gasteiger partial charge < -0.3 is 10.1 Å². The number of carbonyl (C=O) groups is 1. The van der Waals surface area contributed by atoms with Gasteiger partial charge in [-0.1, -0.05) is 18.2 Å². The Balaban J connectivity index is 1.98. The van der Waals surface area contributed by atoms with Crippen molar-refractivity contribution in [3.8, 4) is 0 Å². The number of rotatable bonds is 8. The lowest BCUT2D eigenvalue weighted by molar-refractivity contribution is -0.121. The first-order valence-electron chi connectivity index (χ1n) is 7.48. The molecule has 0 fully saturated rings. The number of ether oxygens (including phenoxy) is 1. The predicted molar refractivity (Wildman–Crippen MR) is 89.1 cm³/mol. The third kappa shape index (κ3) is 4.65. The fourth-order valence-corrected chi connectivity index (χ4v) is 3.59. The van der Waals surface area contributed by atoms with Gasteiger partial charge in [0.05, 0.1) is 29.0 Å². The topological polar surface area (TPSA) is 90.3 Å². The first-order valence-corrected chi connectivity index (χ1v) is 9.13. The van der Waals surface area contributed by atoms with Crippen LogP contribution in [-0.4, -0.2) is 43.6 Å². The molecule has 24 heavy (non-hydrogen) atoms. The molecule has 1 aromatic carbocycles. The van der Waals surface area contributed by atoms with Gasteiger partial charge in [-0.25, -0.2) is 8.42 Å². The van der Waals surface area contributed by atoms with E-state index in [1.54, 1.807) is 42.2 Å². The summed E-state index contributed by atoms with van der Waals surface area (Å²) >= 11 is 0. The highest BCUT2D eigenvalue weighted by Gasteiger charge is 2.20. The molecule has 7 nitrogen and oxygen atoms in total. The lowest BCUT2D eigenvalue weighted by Crippen LogP contribution is -2.33. The number of amides is 1. The monoisotopic (exact) mass is 351 g/mol. The summed E-state index contributed by atoms with van der Waals surface area (Å²) in [5.41, 5.74) is 0.788. The third-order valence-electron chi connectivity index (χ3n) is 3.58. The molecule has 1 amide bonds. The summed E-state index contributed by atoms with van der Waals surface area (Å²) in [6.07, 6.45) is 1.51. The molecule has 2 aromatic rings. The zero-order valence-corrected chi connectivity index (χ0v) is 14.5. The van der Waals surface area contributed by atoms with E-state index in [0.29, 0.717) is 0 Å². The highest BCUT2D eigenvalue weighted by Crippen LogP contribution is 2.14. The predicted octanol–water partition coefficient (Wildman–Crippen LogP) is 1.09. The van der Waals surface area contributed by atoms with Crippen molar-refractivity contribution in [2.75, 3.05) is 19.5 Å². The number of aromatic nitrogens is 2. The Kier molecular flexibility index (Phi) is 6.10. The van der Waals surface area contributed by atoms with Gasteiger partial charge in [0.1, 0.15) is 0 Å². The number of carbonyl (C=O) groups excluding carboxylic acids is 1. The number of hydrogen-bond acceptors (Lipinski definition) is 5. The van der Waals surface area contributed by atoms with Crippen LogP contribution in [0.15, 0.2) is 47.5 Å². The zero-order valence-electron chi connectivity index (χ0n) is 13.7. The molecule has 1 N–H and O–H groups in total. The first-order chi connectivity index (χ1) is 11.4. The maximum absolute atomic E-state index is 12.2. The van der Waals surface area contributed by atoms with E-state index in [-0.39, 0.29) is 35.6 Å². The van der Waals surface area contributed by atoms with Crippen LogP contribution in [0.4, 0.5) is 0 Å². The van der Waals surface area contributed by atoms with Crippen LogP contribution in [0.1, 0.15) is 18.2 Å². The van der Waals surface area contributed by atoms with Crippen LogP contribution in [0, 0.1) is 0 Å². The molecule has 130 valence electrons. The van der Waals surface area contributed by atoms with Crippen LogP contribution in [0.2, 0.25) is 0 Å². The summed E-state index contributed by atoms with van der Waals surface area (Å²) in [4.78, 5) is 12.4. The third-order valence-corrected chi connectivity index (χ3v) is 5.32. The van der Waals surface area contributed by atoms with Gasteiger partial charge in [-0.15, -0.1) is 0 Å². The summed E-state index contributed by atoms with van der Waals surface area (Å²) in [6, 6.07) is 9.51. The summed E-state index contributed by atoms with van der Waals surface area (Å²) in [7, 11) is -0.170. The molecule has 0 bridgehead atoms. The number of nitrogens with zero attached hydrogens (tertiary/aromatic N) is 2. The molecule has 2 rings (SSSR count). The highest BCUT2D eigenvalue weighted by atomic mass is 32.2. The van der Waals surface area contributed by atoms with E-state index in [9.17, 15) is 13.2 Å². The molecule has 0 saturated carbocycles. The number of nitrogens with one attached hydrogen (secondary N) is 1. The van der Waals surface area contributed by atoms with Gasteiger partial charge in [-0.2, -0.15) is 5.10 Å². The Bertz CT molecular complexity index is 772. The average molecular weight is 351 g/mol. The Morgan fingerprint density at radius 1 is 1.29 bits per heavy atom. The minimum Gasteiger partial charge on any atom is -0.382 e. The molecule has 0 aliphatic carbocycles.